The van der Waals surface area contributed by atoms with Crippen LogP contribution in [0.25, 0.3) is 0 Å². The lowest BCUT2D eigenvalue weighted by atomic mass is 9.48. The summed E-state index contributed by atoms with van der Waals surface area (Å²) < 4.78 is 13.3. The molecule has 1 atom stereocenters. The Morgan fingerprint density at radius 2 is 1.76 bits per heavy atom. The van der Waals surface area contributed by atoms with E-state index in [4.69, 9.17) is 5.73 Å². The zero-order valence-electron chi connectivity index (χ0n) is 12.4. The highest BCUT2D eigenvalue weighted by atomic mass is 32.2. The summed E-state index contributed by atoms with van der Waals surface area (Å²) in [7, 11) is 0. The molecule has 4 saturated carbocycles. The van der Waals surface area contributed by atoms with Crippen molar-refractivity contribution in [3.63, 3.8) is 0 Å². The van der Waals surface area contributed by atoms with Gasteiger partial charge in [-0.25, -0.2) is 4.39 Å². The van der Waals surface area contributed by atoms with E-state index in [2.05, 4.69) is 0 Å². The van der Waals surface area contributed by atoms with Crippen LogP contribution in [0.15, 0.2) is 29.2 Å². The summed E-state index contributed by atoms with van der Waals surface area (Å²) in [6.07, 6.45) is 8.44. The van der Waals surface area contributed by atoms with E-state index < -0.39 is 0 Å². The van der Waals surface area contributed by atoms with Crippen molar-refractivity contribution in [2.45, 2.75) is 49.5 Å². The Morgan fingerprint density at radius 3 is 2.33 bits per heavy atom. The van der Waals surface area contributed by atoms with Crippen LogP contribution in [0.2, 0.25) is 0 Å². The minimum absolute atomic E-state index is 0.150. The summed E-state index contributed by atoms with van der Waals surface area (Å²) in [5.41, 5.74) is 7.04. The SMILES string of the molecule is NC(CSc1cccc(F)c1)C12CC3CC(CC(C3)C1)C2. The van der Waals surface area contributed by atoms with Crippen LogP contribution in [0, 0.1) is 29.0 Å². The predicted molar refractivity (Wildman–Crippen MR) is 85.7 cm³/mol. The molecule has 114 valence electrons. The smallest absolute Gasteiger partial charge is 0.124 e. The first-order valence-corrected chi connectivity index (χ1v) is 9.25. The van der Waals surface area contributed by atoms with E-state index in [1.807, 2.05) is 6.07 Å². The number of hydrogen-bond donors (Lipinski definition) is 1. The van der Waals surface area contributed by atoms with Gasteiger partial charge in [0.15, 0.2) is 0 Å². The van der Waals surface area contributed by atoms with E-state index in [1.165, 1.54) is 44.6 Å². The highest BCUT2D eigenvalue weighted by Crippen LogP contribution is 2.61. The molecule has 0 aromatic heterocycles. The van der Waals surface area contributed by atoms with Gasteiger partial charge in [0.1, 0.15) is 5.82 Å². The number of halogens is 1. The summed E-state index contributed by atoms with van der Waals surface area (Å²) in [4.78, 5) is 1.01. The Kier molecular flexibility index (Phi) is 3.54. The van der Waals surface area contributed by atoms with Crippen molar-refractivity contribution in [2.24, 2.45) is 28.9 Å². The molecule has 2 N–H and O–H groups in total. The van der Waals surface area contributed by atoms with Gasteiger partial charge in [-0.15, -0.1) is 11.8 Å². The molecule has 4 fully saturated rings. The number of hydrogen-bond acceptors (Lipinski definition) is 2. The minimum atomic E-state index is -0.150. The van der Waals surface area contributed by atoms with Crippen molar-refractivity contribution in [2.75, 3.05) is 5.75 Å². The Balaban J connectivity index is 1.44. The van der Waals surface area contributed by atoms with Crippen LogP contribution in [-0.2, 0) is 0 Å². The molecule has 0 amide bonds. The molecule has 4 bridgehead atoms. The Labute approximate surface area is 130 Å². The lowest BCUT2D eigenvalue weighted by Gasteiger charge is -2.59. The van der Waals surface area contributed by atoms with Gasteiger partial charge in [-0.05, 0) is 79.9 Å². The van der Waals surface area contributed by atoms with Gasteiger partial charge in [0.2, 0.25) is 0 Å². The highest BCUT2D eigenvalue weighted by Gasteiger charge is 2.53. The fraction of sp³-hybridized carbons (Fsp3) is 0.667. The zero-order chi connectivity index (χ0) is 14.4. The van der Waals surface area contributed by atoms with Gasteiger partial charge in [0.05, 0.1) is 0 Å². The molecule has 4 aliphatic carbocycles. The van der Waals surface area contributed by atoms with Crippen LogP contribution in [-0.4, -0.2) is 11.8 Å². The molecule has 1 aromatic carbocycles. The topological polar surface area (TPSA) is 26.0 Å². The summed E-state index contributed by atoms with van der Waals surface area (Å²) >= 11 is 1.73. The standard InChI is InChI=1S/C18H24FNS/c19-15-2-1-3-16(7-15)21-11-17(20)18-8-12-4-13(9-18)6-14(5-12)10-18/h1-3,7,12-14,17H,4-6,8-11,20H2. The van der Waals surface area contributed by atoms with Crippen molar-refractivity contribution in [1.29, 1.82) is 0 Å². The second kappa shape index (κ2) is 5.27. The van der Waals surface area contributed by atoms with Crippen LogP contribution < -0.4 is 5.73 Å². The fourth-order valence-electron chi connectivity index (χ4n) is 5.55. The summed E-state index contributed by atoms with van der Waals surface area (Å²) in [6, 6.07) is 7.16. The largest absolute Gasteiger partial charge is 0.326 e. The molecule has 4 aliphatic rings. The van der Waals surface area contributed by atoms with Crippen molar-refractivity contribution in [1.82, 2.24) is 0 Å². The van der Waals surface area contributed by atoms with E-state index in [9.17, 15) is 4.39 Å². The van der Waals surface area contributed by atoms with Gasteiger partial charge < -0.3 is 5.73 Å². The molecular weight excluding hydrogens is 281 g/mol. The maximum absolute atomic E-state index is 13.3. The second-order valence-corrected chi connectivity index (χ2v) is 8.75. The van der Waals surface area contributed by atoms with Gasteiger partial charge in [-0.2, -0.15) is 0 Å². The Bertz CT molecular complexity index is 494. The Hall–Kier alpha value is -0.540. The quantitative estimate of drug-likeness (QED) is 0.831. The molecular formula is C18H24FNS. The summed E-state index contributed by atoms with van der Waals surface area (Å²) in [5, 5.41) is 0. The molecule has 0 saturated heterocycles. The van der Waals surface area contributed by atoms with E-state index in [1.54, 1.807) is 23.9 Å². The average molecular weight is 305 g/mol. The number of thioether (sulfide) groups is 1. The van der Waals surface area contributed by atoms with Crippen LogP contribution in [0.3, 0.4) is 0 Å². The Morgan fingerprint density at radius 1 is 1.14 bits per heavy atom. The third kappa shape index (κ3) is 2.63. The lowest BCUT2D eigenvalue weighted by molar-refractivity contribution is -0.0629. The first-order chi connectivity index (χ1) is 10.1. The molecule has 1 aromatic rings. The molecule has 0 radical (unpaired) electrons. The van der Waals surface area contributed by atoms with E-state index in [0.29, 0.717) is 5.41 Å². The van der Waals surface area contributed by atoms with Crippen LogP contribution in [0.5, 0.6) is 0 Å². The van der Waals surface area contributed by atoms with Gasteiger partial charge in [0.25, 0.3) is 0 Å². The fourth-order valence-corrected chi connectivity index (χ4v) is 6.65. The second-order valence-electron chi connectivity index (χ2n) is 7.65. The first-order valence-electron chi connectivity index (χ1n) is 8.27. The average Bonchev–Trinajstić information content (AvgIpc) is 2.43. The van der Waals surface area contributed by atoms with Crippen LogP contribution >= 0.6 is 11.8 Å². The maximum atomic E-state index is 13.3. The first kappa shape index (κ1) is 14.1. The molecule has 0 spiro atoms. The van der Waals surface area contributed by atoms with Crippen LogP contribution in [0.1, 0.15) is 38.5 Å². The monoisotopic (exact) mass is 305 g/mol. The van der Waals surface area contributed by atoms with E-state index in [0.717, 1.165) is 28.4 Å². The molecule has 5 rings (SSSR count). The van der Waals surface area contributed by atoms with Gasteiger partial charge in [-0.1, -0.05) is 6.07 Å². The maximum Gasteiger partial charge on any atom is 0.124 e. The zero-order valence-corrected chi connectivity index (χ0v) is 13.2. The van der Waals surface area contributed by atoms with Crippen molar-refractivity contribution in [3.05, 3.63) is 30.1 Å². The predicted octanol–water partition coefficient (Wildman–Crippen LogP) is 4.46. The summed E-state index contributed by atoms with van der Waals surface area (Å²) in [5.74, 6) is 3.61. The lowest BCUT2D eigenvalue weighted by Crippen LogP contribution is -2.55. The summed E-state index contributed by atoms with van der Waals surface area (Å²) in [6.45, 7) is 0. The minimum Gasteiger partial charge on any atom is -0.326 e. The molecule has 0 heterocycles. The van der Waals surface area contributed by atoms with Crippen LogP contribution in [0.4, 0.5) is 4.39 Å². The van der Waals surface area contributed by atoms with Crippen molar-refractivity contribution in [3.8, 4) is 0 Å². The van der Waals surface area contributed by atoms with Gasteiger partial charge in [-0.3, -0.25) is 0 Å². The number of benzene rings is 1. The van der Waals surface area contributed by atoms with Crippen molar-refractivity contribution < 1.29 is 4.39 Å². The van der Waals surface area contributed by atoms with E-state index >= 15 is 0 Å². The molecule has 1 unspecified atom stereocenters. The number of nitrogens with two attached hydrogens (primary N) is 1. The third-order valence-corrected chi connectivity index (χ3v) is 7.21. The molecule has 0 aliphatic heterocycles. The van der Waals surface area contributed by atoms with Gasteiger partial charge in [0, 0.05) is 16.7 Å². The highest BCUT2D eigenvalue weighted by molar-refractivity contribution is 7.99. The van der Waals surface area contributed by atoms with E-state index in [-0.39, 0.29) is 11.9 Å². The van der Waals surface area contributed by atoms with Gasteiger partial charge >= 0.3 is 0 Å². The third-order valence-electron chi connectivity index (χ3n) is 6.10. The molecule has 3 heteroatoms. The van der Waals surface area contributed by atoms with Crippen molar-refractivity contribution >= 4 is 11.8 Å². The number of rotatable bonds is 4. The normalized spacial score (nSPS) is 38.7. The molecule has 21 heavy (non-hydrogen) atoms. The molecule has 1 nitrogen and oxygen atoms in total.